The van der Waals surface area contributed by atoms with Crippen molar-refractivity contribution < 1.29 is 19.2 Å². The fraction of sp³-hybridized carbons (Fsp3) is 0.364. The molecule has 0 aliphatic heterocycles. The number of carbonyl (C=O) groups excluding carboxylic acids is 4. The molecule has 4 aromatic rings. The normalized spacial score (nSPS) is 23.6. The van der Waals surface area contributed by atoms with E-state index in [0.717, 1.165) is 60.8 Å². The van der Waals surface area contributed by atoms with E-state index in [2.05, 4.69) is 13.8 Å². The third-order valence-electron chi connectivity index (χ3n) is 10.5. The molecule has 0 aromatic heterocycles. The Balaban J connectivity index is 0.000000188. The molecule has 2 aliphatic carbocycles. The zero-order chi connectivity index (χ0) is 33.9. The molecule has 48 heavy (non-hydrogen) atoms. The Morgan fingerprint density at radius 3 is 1.04 bits per heavy atom. The molecule has 0 N–H and O–H groups in total. The number of ketones is 4. The van der Waals surface area contributed by atoms with E-state index in [4.69, 9.17) is 0 Å². The highest BCUT2D eigenvalue weighted by Crippen LogP contribution is 2.40. The predicted molar refractivity (Wildman–Crippen MR) is 192 cm³/mol. The summed E-state index contributed by atoms with van der Waals surface area (Å²) in [5, 5.41) is 0. The van der Waals surface area contributed by atoms with Crippen LogP contribution in [0.4, 0.5) is 0 Å². The van der Waals surface area contributed by atoms with Crippen molar-refractivity contribution in [2.75, 3.05) is 0 Å². The van der Waals surface area contributed by atoms with Crippen molar-refractivity contribution in [3.05, 3.63) is 144 Å². The van der Waals surface area contributed by atoms with Gasteiger partial charge in [0.25, 0.3) is 0 Å². The van der Waals surface area contributed by atoms with Crippen LogP contribution in [0.25, 0.3) is 0 Å². The van der Waals surface area contributed by atoms with Crippen LogP contribution in [0.5, 0.6) is 0 Å². The predicted octanol–water partition coefficient (Wildman–Crippen LogP) is 10.4. The van der Waals surface area contributed by atoms with Gasteiger partial charge < -0.3 is 0 Å². The largest absolute Gasteiger partial charge is 0.294 e. The Morgan fingerprint density at radius 1 is 0.438 bits per heavy atom. The SMILES string of the molecule is C[C@@H]1CCC[C@H](CC(=O)c2ccccc2)[C@H]1C(=O)c1ccccc1.C[C@@H]1CCC[C@H](CC(=O)c2ccccc2)[C@H]1C(=O)c1ccccc1. The van der Waals surface area contributed by atoms with Crippen LogP contribution < -0.4 is 0 Å². The van der Waals surface area contributed by atoms with Gasteiger partial charge in [0.05, 0.1) is 0 Å². The summed E-state index contributed by atoms with van der Waals surface area (Å²) in [6, 6.07) is 37.9. The second-order valence-electron chi connectivity index (χ2n) is 13.8. The zero-order valence-electron chi connectivity index (χ0n) is 28.3. The topological polar surface area (TPSA) is 68.3 Å². The van der Waals surface area contributed by atoms with E-state index >= 15 is 0 Å². The number of carbonyl (C=O) groups is 4. The standard InChI is InChI=1S/2C22H24O2/c2*1-16-9-8-14-19(15-20(23)17-10-4-2-5-11-17)21(16)22(24)18-12-6-3-7-13-18/h2*2-7,10-13,16,19,21H,8-9,14-15H2,1H3/t2*16-,19-,21+/m11/s1. The summed E-state index contributed by atoms with van der Waals surface area (Å²) in [5.41, 5.74) is 3.05. The van der Waals surface area contributed by atoms with Gasteiger partial charge in [-0.15, -0.1) is 0 Å². The lowest BCUT2D eigenvalue weighted by molar-refractivity contribution is 0.0683. The van der Waals surface area contributed by atoms with Crippen molar-refractivity contribution in [1.29, 1.82) is 0 Å². The molecule has 4 heteroatoms. The third-order valence-corrected chi connectivity index (χ3v) is 10.5. The van der Waals surface area contributed by atoms with Crippen LogP contribution in [0.3, 0.4) is 0 Å². The molecule has 0 spiro atoms. The summed E-state index contributed by atoms with van der Waals surface area (Å²) < 4.78 is 0. The lowest BCUT2D eigenvalue weighted by Crippen LogP contribution is -2.34. The average Bonchev–Trinajstić information content (AvgIpc) is 3.13. The lowest BCUT2D eigenvalue weighted by Gasteiger charge is -2.35. The molecule has 248 valence electrons. The maximum absolute atomic E-state index is 13.0. The smallest absolute Gasteiger partial charge is 0.166 e. The van der Waals surface area contributed by atoms with Gasteiger partial charge in [0.15, 0.2) is 23.1 Å². The van der Waals surface area contributed by atoms with E-state index in [0.29, 0.717) is 24.7 Å². The van der Waals surface area contributed by atoms with Crippen molar-refractivity contribution in [2.45, 2.75) is 65.2 Å². The van der Waals surface area contributed by atoms with Gasteiger partial charge in [0, 0.05) is 46.9 Å². The van der Waals surface area contributed by atoms with Crippen LogP contribution >= 0.6 is 0 Å². The monoisotopic (exact) mass is 640 g/mol. The number of hydrogen-bond acceptors (Lipinski definition) is 4. The Kier molecular flexibility index (Phi) is 12.4. The molecule has 2 saturated carbocycles. The fourth-order valence-electron chi connectivity index (χ4n) is 8.00. The third kappa shape index (κ3) is 8.92. The molecule has 6 rings (SSSR count). The molecule has 0 heterocycles. The van der Waals surface area contributed by atoms with E-state index < -0.39 is 0 Å². The minimum Gasteiger partial charge on any atom is -0.294 e. The van der Waals surface area contributed by atoms with Gasteiger partial charge in [0.2, 0.25) is 0 Å². The van der Waals surface area contributed by atoms with Gasteiger partial charge in [-0.3, -0.25) is 19.2 Å². The van der Waals surface area contributed by atoms with Gasteiger partial charge in [-0.05, 0) is 49.4 Å². The molecule has 0 bridgehead atoms. The van der Waals surface area contributed by atoms with E-state index in [1.54, 1.807) is 0 Å². The first kappa shape index (κ1) is 34.9. The maximum atomic E-state index is 13.0. The molecule has 2 aliphatic rings. The van der Waals surface area contributed by atoms with Gasteiger partial charge >= 0.3 is 0 Å². The first-order valence-corrected chi connectivity index (χ1v) is 17.7. The highest BCUT2D eigenvalue weighted by Gasteiger charge is 2.38. The number of Topliss-reactive ketones (excluding diaryl/α,β-unsaturated/α-hetero) is 4. The molecule has 0 unspecified atom stereocenters. The number of hydrogen-bond donors (Lipinski definition) is 0. The van der Waals surface area contributed by atoms with Crippen molar-refractivity contribution in [2.24, 2.45) is 35.5 Å². The minimum atomic E-state index is -0.0474. The maximum Gasteiger partial charge on any atom is 0.166 e. The summed E-state index contributed by atoms with van der Waals surface area (Å²) >= 11 is 0. The second kappa shape index (κ2) is 17.1. The average molecular weight is 641 g/mol. The van der Waals surface area contributed by atoms with E-state index in [1.807, 2.05) is 121 Å². The van der Waals surface area contributed by atoms with Crippen LogP contribution in [0.2, 0.25) is 0 Å². The Morgan fingerprint density at radius 2 is 0.729 bits per heavy atom. The molecule has 6 atom stereocenters. The van der Waals surface area contributed by atoms with Crippen molar-refractivity contribution in [3.8, 4) is 0 Å². The van der Waals surface area contributed by atoms with Crippen molar-refractivity contribution in [3.63, 3.8) is 0 Å². The van der Waals surface area contributed by atoms with Gasteiger partial charge in [0.1, 0.15) is 0 Å². The highest BCUT2D eigenvalue weighted by molar-refractivity contribution is 6.01. The van der Waals surface area contributed by atoms with Gasteiger partial charge in [-0.2, -0.15) is 0 Å². The first-order chi connectivity index (χ1) is 23.3. The summed E-state index contributed by atoms with van der Waals surface area (Å²) in [5.74, 6) is 1.58. The van der Waals surface area contributed by atoms with Gasteiger partial charge in [-0.25, -0.2) is 0 Å². The molecule has 2 fully saturated rings. The summed E-state index contributed by atoms with van der Waals surface area (Å²) in [6.07, 6.45) is 7.21. The van der Waals surface area contributed by atoms with E-state index in [1.165, 1.54) is 0 Å². The molecule has 0 saturated heterocycles. The van der Waals surface area contributed by atoms with E-state index in [9.17, 15) is 19.2 Å². The molecule has 4 aromatic carbocycles. The molecule has 0 amide bonds. The van der Waals surface area contributed by atoms with Crippen molar-refractivity contribution in [1.82, 2.24) is 0 Å². The Labute approximate surface area is 286 Å². The van der Waals surface area contributed by atoms with Crippen LogP contribution in [0.15, 0.2) is 121 Å². The fourth-order valence-corrected chi connectivity index (χ4v) is 8.00. The number of benzene rings is 4. The van der Waals surface area contributed by atoms with Crippen LogP contribution in [0.1, 0.15) is 107 Å². The molecule has 4 nitrogen and oxygen atoms in total. The lowest BCUT2D eigenvalue weighted by atomic mass is 9.68. The zero-order valence-corrected chi connectivity index (χ0v) is 28.3. The van der Waals surface area contributed by atoms with Crippen molar-refractivity contribution >= 4 is 23.1 Å². The minimum absolute atomic E-state index is 0.0474. The van der Waals surface area contributed by atoms with Gasteiger partial charge in [-0.1, -0.05) is 148 Å². The quantitative estimate of drug-likeness (QED) is 0.162. The first-order valence-electron chi connectivity index (χ1n) is 17.7. The molecular weight excluding hydrogens is 592 g/mol. The van der Waals surface area contributed by atoms with E-state index in [-0.39, 0.29) is 46.8 Å². The Hall–Kier alpha value is -4.44. The van der Waals surface area contributed by atoms with Crippen LogP contribution in [-0.2, 0) is 0 Å². The second-order valence-corrected chi connectivity index (χ2v) is 13.8. The Bertz CT molecular complexity index is 1510. The summed E-state index contributed by atoms with van der Waals surface area (Å²) in [6.45, 7) is 4.31. The molecular formula is C44H48O4. The summed E-state index contributed by atoms with van der Waals surface area (Å²) in [7, 11) is 0. The number of rotatable bonds is 10. The van der Waals surface area contributed by atoms with Crippen LogP contribution in [-0.4, -0.2) is 23.1 Å². The summed E-state index contributed by atoms with van der Waals surface area (Å²) in [4.78, 5) is 51.3. The highest BCUT2D eigenvalue weighted by atomic mass is 16.1. The van der Waals surface area contributed by atoms with Crippen LogP contribution in [0, 0.1) is 35.5 Å². The molecule has 0 radical (unpaired) electrons.